The van der Waals surface area contributed by atoms with Gasteiger partial charge in [0.05, 0.1) is 4.88 Å². The fourth-order valence-electron chi connectivity index (χ4n) is 1.69. The molecule has 0 N–H and O–H groups in total. The van der Waals surface area contributed by atoms with Gasteiger partial charge in [0.2, 0.25) is 5.82 Å². The average molecular weight is 277 g/mol. The van der Waals surface area contributed by atoms with Gasteiger partial charge < -0.3 is 9.26 Å². The molecule has 0 spiro atoms. The maximum Gasteiger partial charge on any atom is 0.268 e. The Morgan fingerprint density at radius 3 is 2.84 bits per heavy atom. The van der Waals surface area contributed by atoms with Gasteiger partial charge in [-0.15, -0.1) is 11.3 Å². The molecule has 0 bridgehead atoms. The van der Waals surface area contributed by atoms with E-state index in [-0.39, 0.29) is 0 Å². The molecule has 0 fully saturated rings. The molecule has 0 amide bonds. The zero-order valence-electron chi connectivity index (χ0n) is 11.1. The lowest BCUT2D eigenvalue weighted by Crippen LogP contribution is -2.26. The van der Waals surface area contributed by atoms with E-state index in [0.29, 0.717) is 23.2 Å². The van der Waals surface area contributed by atoms with Crippen LogP contribution < -0.4 is 0 Å². The van der Waals surface area contributed by atoms with Crippen LogP contribution >= 0.6 is 11.3 Å². The molecule has 6 heteroatoms. The fraction of sp³-hybridized carbons (Fsp3) is 0.462. The van der Waals surface area contributed by atoms with Crippen LogP contribution in [0.5, 0.6) is 0 Å². The standard InChI is InChI=1S/C13H15N3O2S/c1-4-13(3,17-5-2)12-15-11(18-16-12)10-7-6-9(8-14)19-10/h6-7H,4-5H2,1-3H3. The summed E-state index contributed by atoms with van der Waals surface area (Å²) in [6.45, 7) is 6.49. The SMILES string of the molecule is CCOC(C)(CC)c1noc(-c2ccc(C#N)s2)n1. The van der Waals surface area contributed by atoms with Gasteiger partial charge in [-0.1, -0.05) is 12.1 Å². The summed E-state index contributed by atoms with van der Waals surface area (Å²) in [6, 6.07) is 5.64. The highest BCUT2D eigenvalue weighted by Crippen LogP contribution is 2.31. The van der Waals surface area contributed by atoms with Gasteiger partial charge in [0.1, 0.15) is 16.5 Å². The summed E-state index contributed by atoms with van der Waals surface area (Å²) in [5, 5.41) is 12.8. The van der Waals surface area contributed by atoms with E-state index < -0.39 is 5.60 Å². The molecule has 0 saturated heterocycles. The summed E-state index contributed by atoms with van der Waals surface area (Å²) < 4.78 is 11.0. The Bertz CT molecular complexity index is 599. The third-order valence-corrected chi connectivity index (χ3v) is 3.94. The lowest BCUT2D eigenvalue weighted by molar-refractivity contribution is -0.0403. The van der Waals surface area contributed by atoms with Gasteiger partial charge in [0.25, 0.3) is 5.89 Å². The van der Waals surface area contributed by atoms with Crippen molar-refractivity contribution in [2.24, 2.45) is 0 Å². The van der Waals surface area contributed by atoms with Crippen LogP contribution in [-0.2, 0) is 10.3 Å². The van der Waals surface area contributed by atoms with Crippen LogP contribution in [0.25, 0.3) is 10.8 Å². The first-order chi connectivity index (χ1) is 9.12. The molecule has 1 atom stereocenters. The normalized spacial score (nSPS) is 14.0. The quantitative estimate of drug-likeness (QED) is 0.838. The molecule has 2 rings (SSSR count). The summed E-state index contributed by atoms with van der Waals surface area (Å²) >= 11 is 1.33. The molecule has 0 radical (unpaired) electrons. The number of nitriles is 1. The Morgan fingerprint density at radius 2 is 2.26 bits per heavy atom. The Kier molecular flexibility index (Phi) is 3.98. The molecular formula is C13H15N3O2S. The van der Waals surface area contributed by atoms with Crippen LogP contribution in [-0.4, -0.2) is 16.7 Å². The van der Waals surface area contributed by atoms with Crippen LogP contribution in [0.1, 0.15) is 37.9 Å². The van der Waals surface area contributed by atoms with Crippen molar-refractivity contribution in [2.45, 2.75) is 32.8 Å². The minimum absolute atomic E-state index is 0.431. The van der Waals surface area contributed by atoms with E-state index >= 15 is 0 Å². The first-order valence-electron chi connectivity index (χ1n) is 6.11. The van der Waals surface area contributed by atoms with E-state index in [1.54, 1.807) is 6.07 Å². The minimum atomic E-state index is -0.536. The largest absolute Gasteiger partial charge is 0.367 e. The molecule has 100 valence electrons. The smallest absolute Gasteiger partial charge is 0.268 e. The molecule has 2 heterocycles. The zero-order chi connectivity index (χ0) is 13.9. The molecule has 1 unspecified atom stereocenters. The Hall–Kier alpha value is -1.71. The number of nitrogens with zero attached hydrogens (tertiary/aromatic N) is 3. The predicted octanol–water partition coefficient (Wildman–Crippen LogP) is 3.33. The van der Waals surface area contributed by atoms with Crippen molar-refractivity contribution in [2.75, 3.05) is 6.61 Å². The maximum absolute atomic E-state index is 8.81. The molecule has 0 aliphatic carbocycles. The molecule has 0 aliphatic heterocycles. The summed E-state index contributed by atoms with van der Waals surface area (Å²) in [5.74, 6) is 0.972. The van der Waals surface area contributed by atoms with E-state index in [2.05, 4.69) is 16.2 Å². The van der Waals surface area contributed by atoms with Crippen molar-refractivity contribution < 1.29 is 9.26 Å². The Morgan fingerprint density at radius 1 is 1.47 bits per heavy atom. The van der Waals surface area contributed by atoms with Gasteiger partial charge >= 0.3 is 0 Å². The topological polar surface area (TPSA) is 71.9 Å². The van der Waals surface area contributed by atoms with Gasteiger partial charge in [0, 0.05) is 6.61 Å². The highest BCUT2D eigenvalue weighted by Gasteiger charge is 2.31. The number of thiophene rings is 1. The van der Waals surface area contributed by atoms with E-state index in [1.807, 2.05) is 26.8 Å². The second-order valence-electron chi connectivity index (χ2n) is 4.22. The molecule has 2 aromatic heterocycles. The van der Waals surface area contributed by atoms with E-state index in [4.69, 9.17) is 14.5 Å². The zero-order valence-corrected chi connectivity index (χ0v) is 12.0. The fourth-order valence-corrected chi connectivity index (χ4v) is 2.42. The molecule has 0 saturated carbocycles. The van der Waals surface area contributed by atoms with Crippen LogP contribution in [0.3, 0.4) is 0 Å². The van der Waals surface area contributed by atoms with Gasteiger partial charge in [-0.05, 0) is 32.4 Å². The second kappa shape index (κ2) is 5.51. The molecule has 19 heavy (non-hydrogen) atoms. The first kappa shape index (κ1) is 13.7. The average Bonchev–Trinajstić information content (AvgIpc) is 3.07. The predicted molar refractivity (Wildman–Crippen MR) is 71.6 cm³/mol. The van der Waals surface area contributed by atoms with Crippen LogP contribution in [0.4, 0.5) is 0 Å². The summed E-state index contributed by atoms with van der Waals surface area (Å²) in [6.07, 6.45) is 0.758. The van der Waals surface area contributed by atoms with Crippen molar-refractivity contribution in [1.82, 2.24) is 10.1 Å². The molecule has 0 aliphatic rings. The van der Waals surface area contributed by atoms with Gasteiger partial charge in [0.15, 0.2) is 0 Å². The van der Waals surface area contributed by atoms with Crippen molar-refractivity contribution in [3.05, 3.63) is 22.8 Å². The molecular weight excluding hydrogens is 262 g/mol. The lowest BCUT2D eigenvalue weighted by Gasteiger charge is -2.23. The Labute approximate surface area is 115 Å². The van der Waals surface area contributed by atoms with Gasteiger partial charge in [-0.2, -0.15) is 10.2 Å². The van der Waals surface area contributed by atoms with E-state index in [9.17, 15) is 0 Å². The highest BCUT2D eigenvalue weighted by atomic mass is 32.1. The lowest BCUT2D eigenvalue weighted by atomic mass is 10.0. The number of aromatic nitrogens is 2. The minimum Gasteiger partial charge on any atom is -0.367 e. The summed E-state index contributed by atoms with van der Waals surface area (Å²) in [7, 11) is 0. The first-order valence-corrected chi connectivity index (χ1v) is 6.93. The second-order valence-corrected chi connectivity index (χ2v) is 5.30. The summed E-state index contributed by atoms with van der Waals surface area (Å²) in [5.41, 5.74) is -0.536. The maximum atomic E-state index is 8.81. The van der Waals surface area contributed by atoms with Crippen molar-refractivity contribution >= 4 is 11.3 Å². The number of hydrogen-bond acceptors (Lipinski definition) is 6. The third kappa shape index (κ3) is 2.67. The highest BCUT2D eigenvalue weighted by molar-refractivity contribution is 7.15. The molecule has 2 aromatic rings. The van der Waals surface area contributed by atoms with Crippen LogP contribution in [0.15, 0.2) is 16.7 Å². The summed E-state index contributed by atoms with van der Waals surface area (Å²) in [4.78, 5) is 5.81. The van der Waals surface area contributed by atoms with E-state index in [0.717, 1.165) is 11.3 Å². The number of hydrogen-bond donors (Lipinski definition) is 0. The number of rotatable bonds is 5. The van der Waals surface area contributed by atoms with Gasteiger partial charge in [-0.3, -0.25) is 0 Å². The van der Waals surface area contributed by atoms with Crippen molar-refractivity contribution in [3.63, 3.8) is 0 Å². The van der Waals surface area contributed by atoms with Gasteiger partial charge in [-0.25, -0.2) is 0 Å². The monoisotopic (exact) mass is 277 g/mol. The van der Waals surface area contributed by atoms with Crippen LogP contribution in [0.2, 0.25) is 0 Å². The molecule has 5 nitrogen and oxygen atoms in total. The molecule has 0 aromatic carbocycles. The Balaban J connectivity index is 2.30. The van der Waals surface area contributed by atoms with Crippen molar-refractivity contribution in [3.8, 4) is 16.8 Å². The van der Waals surface area contributed by atoms with Crippen LogP contribution in [0, 0.1) is 11.3 Å². The van der Waals surface area contributed by atoms with E-state index in [1.165, 1.54) is 11.3 Å². The third-order valence-electron chi connectivity index (χ3n) is 2.96. The van der Waals surface area contributed by atoms with Crippen molar-refractivity contribution in [1.29, 1.82) is 5.26 Å². The number of ether oxygens (including phenoxy) is 1.